The number of rotatable bonds is 6. The molecule has 192 valence electrons. The van der Waals surface area contributed by atoms with Crippen molar-refractivity contribution in [3.63, 3.8) is 0 Å². The molecule has 1 aromatic carbocycles. The summed E-state index contributed by atoms with van der Waals surface area (Å²) in [7, 11) is -4.23. The molecule has 1 saturated heterocycles. The Morgan fingerprint density at radius 2 is 1.94 bits per heavy atom. The van der Waals surface area contributed by atoms with E-state index in [2.05, 4.69) is 14.5 Å². The predicted octanol–water partition coefficient (Wildman–Crippen LogP) is 4.25. The molecular formula is C23H21F5N4O3S. The van der Waals surface area contributed by atoms with Gasteiger partial charge in [-0.1, -0.05) is 11.2 Å². The van der Waals surface area contributed by atoms with Gasteiger partial charge < -0.3 is 9.74 Å². The SMILES string of the molecule is O=S(=O)(/N=C\C1CCN(C2=NOC(CF)(c3ncc(F)cc3-c3c(F)cccc3F)C2)C1)C1(F)CC1. The van der Waals surface area contributed by atoms with Crippen LogP contribution in [0.3, 0.4) is 0 Å². The highest BCUT2D eigenvalue weighted by Crippen LogP contribution is 2.46. The Morgan fingerprint density at radius 1 is 1.22 bits per heavy atom. The number of hydrogen-bond acceptors (Lipinski definition) is 6. The zero-order valence-corrected chi connectivity index (χ0v) is 19.6. The first-order chi connectivity index (χ1) is 17.1. The quantitative estimate of drug-likeness (QED) is 0.414. The van der Waals surface area contributed by atoms with E-state index in [9.17, 15) is 30.4 Å². The van der Waals surface area contributed by atoms with Crippen molar-refractivity contribution < 1.29 is 35.2 Å². The number of aromatic nitrogens is 1. The van der Waals surface area contributed by atoms with Gasteiger partial charge in [-0.05, 0) is 24.6 Å². The second-order valence-electron chi connectivity index (χ2n) is 9.16. The van der Waals surface area contributed by atoms with Gasteiger partial charge in [0, 0.05) is 43.6 Å². The average molecular weight is 529 g/mol. The molecule has 5 rings (SSSR count). The number of alkyl halides is 2. The van der Waals surface area contributed by atoms with E-state index in [-0.39, 0.29) is 43.0 Å². The summed E-state index contributed by atoms with van der Waals surface area (Å²) < 4.78 is 98.9. The van der Waals surface area contributed by atoms with E-state index in [1.54, 1.807) is 4.90 Å². The summed E-state index contributed by atoms with van der Waals surface area (Å²) >= 11 is 0. The number of sulfonamides is 1. The van der Waals surface area contributed by atoms with E-state index in [0.29, 0.717) is 18.8 Å². The predicted molar refractivity (Wildman–Crippen MR) is 121 cm³/mol. The van der Waals surface area contributed by atoms with Gasteiger partial charge in [-0.2, -0.15) is 4.40 Å². The van der Waals surface area contributed by atoms with Gasteiger partial charge in [0.1, 0.15) is 30.0 Å². The molecule has 3 heterocycles. The maximum atomic E-state index is 14.5. The monoisotopic (exact) mass is 528 g/mol. The summed E-state index contributed by atoms with van der Waals surface area (Å²) in [5.41, 5.74) is -2.93. The molecule has 0 amide bonds. The minimum atomic E-state index is -4.23. The number of benzene rings is 1. The number of halogens is 5. The average Bonchev–Trinajstić information content (AvgIpc) is 3.25. The number of oxime groups is 1. The standard InChI is InChI=1S/C23H21F5N4O3S/c24-13-22(21-16(8-15(25)11-29-21)20-17(26)2-1-3-18(20)27)9-19(31-35-22)32-7-4-14(12-32)10-30-36(33,34)23(28)5-6-23/h1-3,8,10-11,14H,4-7,9,12-13H2/b30-10-. The molecule has 2 aliphatic heterocycles. The summed E-state index contributed by atoms with van der Waals surface area (Å²) in [4.78, 5) is 11.1. The van der Waals surface area contributed by atoms with Gasteiger partial charge in [-0.15, -0.1) is 0 Å². The van der Waals surface area contributed by atoms with Gasteiger partial charge >= 0.3 is 0 Å². The Balaban J connectivity index is 1.37. The number of pyridine rings is 1. The third-order valence-corrected chi connectivity index (χ3v) is 8.34. The first-order valence-corrected chi connectivity index (χ1v) is 12.7. The van der Waals surface area contributed by atoms with Crippen molar-refractivity contribution in [3.05, 3.63) is 53.6 Å². The lowest BCUT2D eigenvalue weighted by molar-refractivity contribution is -0.0435. The van der Waals surface area contributed by atoms with E-state index in [0.717, 1.165) is 30.5 Å². The summed E-state index contributed by atoms with van der Waals surface area (Å²) in [6.45, 7) is -0.487. The molecule has 36 heavy (non-hydrogen) atoms. The van der Waals surface area contributed by atoms with Crippen LogP contribution >= 0.6 is 0 Å². The third-order valence-electron chi connectivity index (χ3n) is 6.61. The molecule has 0 N–H and O–H groups in total. The first kappa shape index (κ1) is 24.6. The van der Waals surface area contributed by atoms with Crippen molar-refractivity contribution in [2.75, 3.05) is 19.8 Å². The second-order valence-corrected chi connectivity index (χ2v) is 11.0. The molecule has 0 radical (unpaired) electrons. The molecule has 2 fully saturated rings. The highest BCUT2D eigenvalue weighted by atomic mass is 32.2. The zero-order chi connectivity index (χ0) is 25.7. The van der Waals surface area contributed by atoms with Crippen LogP contribution in [0.2, 0.25) is 0 Å². The highest BCUT2D eigenvalue weighted by molar-refractivity contribution is 7.91. The molecule has 0 bridgehead atoms. The lowest BCUT2D eigenvalue weighted by atomic mass is 9.89. The van der Waals surface area contributed by atoms with Crippen LogP contribution in [0, 0.1) is 23.4 Å². The van der Waals surface area contributed by atoms with Crippen molar-refractivity contribution in [2.24, 2.45) is 15.5 Å². The number of nitrogens with zero attached hydrogens (tertiary/aromatic N) is 4. The largest absolute Gasteiger partial charge is 0.378 e. The van der Waals surface area contributed by atoms with E-state index < -0.39 is 50.3 Å². The van der Waals surface area contributed by atoms with Crippen LogP contribution in [0.15, 0.2) is 40.0 Å². The fourth-order valence-electron chi connectivity index (χ4n) is 4.40. The maximum absolute atomic E-state index is 14.5. The molecular weight excluding hydrogens is 507 g/mol. The van der Waals surface area contributed by atoms with Crippen molar-refractivity contribution in [1.29, 1.82) is 0 Å². The lowest BCUT2D eigenvalue weighted by Crippen LogP contribution is -2.35. The zero-order valence-electron chi connectivity index (χ0n) is 18.8. The van der Waals surface area contributed by atoms with Crippen molar-refractivity contribution in [2.45, 2.75) is 36.3 Å². The maximum Gasteiger partial charge on any atom is 0.288 e. The normalized spacial score (nSPS) is 25.3. The molecule has 13 heteroatoms. The lowest BCUT2D eigenvalue weighted by Gasteiger charge is -2.26. The van der Waals surface area contributed by atoms with Crippen LogP contribution in [-0.2, 0) is 20.5 Å². The molecule has 2 unspecified atom stereocenters. The fourth-order valence-corrected chi connectivity index (χ4v) is 5.54. The Kier molecular flexibility index (Phi) is 6.00. The van der Waals surface area contributed by atoms with Gasteiger partial charge in [0.2, 0.25) is 10.6 Å². The van der Waals surface area contributed by atoms with Gasteiger partial charge in [0.15, 0.2) is 0 Å². The van der Waals surface area contributed by atoms with Crippen molar-refractivity contribution >= 4 is 22.1 Å². The molecule has 2 aromatic rings. The van der Waals surface area contributed by atoms with Gasteiger partial charge in [-0.25, -0.2) is 30.4 Å². The van der Waals surface area contributed by atoms with Crippen LogP contribution in [0.4, 0.5) is 22.0 Å². The summed E-state index contributed by atoms with van der Waals surface area (Å²) in [5, 5.41) is 1.70. The minimum absolute atomic E-state index is 0.0703. The second kappa shape index (κ2) is 8.79. The molecule has 3 aliphatic rings. The van der Waals surface area contributed by atoms with Gasteiger partial charge in [-0.3, -0.25) is 4.98 Å². The molecule has 1 aliphatic carbocycles. The van der Waals surface area contributed by atoms with E-state index in [4.69, 9.17) is 4.84 Å². The Morgan fingerprint density at radius 3 is 2.61 bits per heavy atom. The van der Waals surface area contributed by atoms with Crippen LogP contribution in [0.5, 0.6) is 0 Å². The molecule has 1 saturated carbocycles. The Labute approximate surface area is 203 Å². The third kappa shape index (κ3) is 4.22. The molecule has 1 aromatic heterocycles. The first-order valence-electron chi connectivity index (χ1n) is 11.2. The summed E-state index contributed by atoms with van der Waals surface area (Å²) in [6.07, 6.45) is 2.19. The van der Waals surface area contributed by atoms with Gasteiger partial charge in [0.25, 0.3) is 10.0 Å². The topological polar surface area (TPSA) is 84.2 Å². The van der Waals surface area contributed by atoms with Crippen LogP contribution in [0.25, 0.3) is 11.1 Å². The Hall–Kier alpha value is -3.09. The number of hydrogen-bond donors (Lipinski definition) is 0. The van der Waals surface area contributed by atoms with Crippen molar-refractivity contribution in [3.8, 4) is 11.1 Å². The van der Waals surface area contributed by atoms with Crippen molar-refractivity contribution in [1.82, 2.24) is 9.88 Å². The Bertz CT molecular complexity index is 1350. The van der Waals surface area contributed by atoms with E-state index in [1.807, 2.05) is 0 Å². The van der Waals surface area contributed by atoms with E-state index in [1.165, 1.54) is 6.21 Å². The number of amidine groups is 1. The summed E-state index contributed by atoms with van der Waals surface area (Å²) in [6, 6.07) is 4.00. The molecule has 0 spiro atoms. The van der Waals surface area contributed by atoms with Crippen LogP contribution in [-0.4, -0.2) is 55.1 Å². The van der Waals surface area contributed by atoms with Crippen LogP contribution < -0.4 is 0 Å². The summed E-state index contributed by atoms with van der Waals surface area (Å²) in [5.74, 6) is -2.84. The molecule has 7 nitrogen and oxygen atoms in total. The fraction of sp³-hybridized carbons (Fsp3) is 0.435. The minimum Gasteiger partial charge on any atom is -0.378 e. The highest BCUT2D eigenvalue weighted by Gasteiger charge is 2.56. The van der Waals surface area contributed by atoms with E-state index >= 15 is 0 Å². The smallest absolute Gasteiger partial charge is 0.288 e. The van der Waals surface area contributed by atoms with Crippen LogP contribution in [0.1, 0.15) is 31.4 Å². The number of likely N-dealkylation sites (tertiary alicyclic amines) is 1. The van der Waals surface area contributed by atoms with Gasteiger partial charge in [0.05, 0.1) is 23.9 Å². The molecule has 2 atom stereocenters.